The molecule has 2 aromatic carbocycles. The Balaban J connectivity index is 1.72. The Morgan fingerprint density at radius 3 is 1.94 bits per heavy atom. The molecule has 0 amide bonds. The molecule has 1 nitrogen and oxygen atoms in total. The molecule has 0 aromatic heterocycles. The lowest BCUT2D eigenvalue weighted by atomic mass is 9.80. The fourth-order valence-corrected chi connectivity index (χ4v) is 3.95. The smallest absolute Gasteiger partial charge is 0.409 e. The molecule has 1 saturated carbocycles. The number of ether oxygens (including phenoxy) is 1. The molecule has 0 atom stereocenters. The summed E-state index contributed by atoms with van der Waals surface area (Å²) in [6, 6.07) is 7.03. The number of halogens is 7. The average molecular weight is 460 g/mol. The molecule has 0 radical (unpaired) electrons. The van der Waals surface area contributed by atoms with Crippen molar-refractivity contribution < 1.29 is 35.5 Å². The zero-order chi connectivity index (χ0) is 23.5. The highest BCUT2D eigenvalue weighted by Gasteiger charge is 2.43. The molecule has 0 saturated heterocycles. The summed E-state index contributed by atoms with van der Waals surface area (Å²) in [5.74, 6) is -2.82. The van der Waals surface area contributed by atoms with Crippen LogP contribution in [0.25, 0.3) is 17.2 Å². The molecule has 0 unspecified atom stereocenters. The fourth-order valence-electron chi connectivity index (χ4n) is 3.95. The Kier molecular flexibility index (Phi) is 7.20. The lowest BCUT2D eigenvalue weighted by Crippen LogP contribution is -2.37. The van der Waals surface area contributed by atoms with Crippen LogP contribution in [0.5, 0.6) is 5.75 Å². The highest BCUT2D eigenvalue weighted by atomic mass is 19.4. The number of hydrogen-bond acceptors (Lipinski definition) is 1. The van der Waals surface area contributed by atoms with Gasteiger partial charge in [-0.2, -0.15) is 22.0 Å². The largest absolute Gasteiger partial charge is 0.432 e. The van der Waals surface area contributed by atoms with E-state index in [4.69, 9.17) is 4.74 Å². The number of rotatable bonds is 6. The number of hydrogen-bond donors (Lipinski definition) is 0. The maximum absolute atomic E-state index is 14.5. The maximum Gasteiger partial charge on any atom is 0.409 e. The fraction of sp³-hybridized carbons (Fsp3) is 0.417. The summed E-state index contributed by atoms with van der Waals surface area (Å²) < 4.78 is 99.1. The summed E-state index contributed by atoms with van der Waals surface area (Å²) in [4.78, 5) is 0. The van der Waals surface area contributed by atoms with Crippen LogP contribution < -0.4 is 4.74 Å². The lowest BCUT2D eigenvalue weighted by Gasteiger charge is -2.33. The molecule has 8 heteroatoms. The number of benzene rings is 2. The minimum Gasteiger partial charge on any atom is -0.432 e. The third-order valence-electron chi connectivity index (χ3n) is 5.86. The standard InChI is InChI=1S/C24H23F7O/c1-2-15-3-7-18(8-4-15)24(30,31)32-19-9-5-16(6-10-19)17-13-21(25)20(22(26)14-17)11-12-23(27,28)29/h5-6,9-15,18H,2-4,7-8H2,1H3/b12-11+. The molecule has 2 aromatic rings. The van der Waals surface area contributed by atoms with Gasteiger partial charge in [0.15, 0.2) is 0 Å². The Morgan fingerprint density at radius 1 is 0.875 bits per heavy atom. The third kappa shape index (κ3) is 6.04. The van der Waals surface area contributed by atoms with E-state index >= 15 is 0 Å². The molecule has 0 aliphatic heterocycles. The first kappa shape index (κ1) is 24.1. The van der Waals surface area contributed by atoms with E-state index < -0.39 is 35.4 Å². The molecule has 3 rings (SSSR count). The van der Waals surface area contributed by atoms with Crippen molar-refractivity contribution in [2.45, 2.75) is 51.3 Å². The van der Waals surface area contributed by atoms with Gasteiger partial charge in [0.05, 0.1) is 5.92 Å². The quantitative estimate of drug-likeness (QED) is 0.393. The molecular weight excluding hydrogens is 437 g/mol. The molecular formula is C24H23F7O. The van der Waals surface area contributed by atoms with Crippen LogP contribution in [0.2, 0.25) is 0 Å². The minimum absolute atomic E-state index is 0.0559. The summed E-state index contributed by atoms with van der Waals surface area (Å²) in [5, 5.41) is 0. The van der Waals surface area contributed by atoms with E-state index in [1.165, 1.54) is 24.3 Å². The molecule has 32 heavy (non-hydrogen) atoms. The van der Waals surface area contributed by atoms with Crippen molar-refractivity contribution in [1.82, 2.24) is 0 Å². The van der Waals surface area contributed by atoms with Crippen molar-refractivity contribution in [2.24, 2.45) is 11.8 Å². The summed E-state index contributed by atoms with van der Waals surface area (Å²) in [6.07, 6.45) is -4.74. The number of alkyl halides is 5. The predicted molar refractivity (Wildman–Crippen MR) is 108 cm³/mol. The minimum atomic E-state index is -4.70. The monoisotopic (exact) mass is 460 g/mol. The van der Waals surface area contributed by atoms with Gasteiger partial charge in [-0.05, 0) is 73.1 Å². The second kappa shape index (κ2) is 9.55. The van der Waals surface area contributed by atoms with Crippen molar-refractivity contribution in [3.63, 3.8) is 0 Å². The van der Waals surface area contributed by atoms with Crippen molar-refractivity contribution in [3.05, 3.63) is 59.7 Å². The Bertz CT molecular complexity index is 917. The first-order chi connectivity index (χ1) is 15.0. The molecule has 0 N–H and O–H groups in total. The van der Waals surface area contributed by atoms with E-state index in [1.54, 1.807) is 0 Å². The van der Waals surface area contributed by atoms with Gasteiger partial charge in [-0.1, -0.05) is 25.5 Å². The van der Waals surface area contributed by atoms with Crippen LogP contribution in [0, 0.1) is 23.5 Å². The van der Waals surface area contributed by atoms with E-state index in [0.717, 1.165) is 31.4 Å². The molecule has 1 aliphatic rings. The Hall–Kier alpha value is -2.51. The van der Waals surface area contributed by atoms with Crippen LogP contribution in [0.15, 0.2) is 42.5 Å². The highest BCUT2D eigenvalue weighted by Crippen LogP contribution is 2.41. The van der Waals surface area contributed by atoms with Crippen LogP contribution in [0.1, 0.15) is 44.6 Å². The van der Waals surface area contributed by atoms with E-state index in [9.17, 15) is 30.7 Å². The zero-order valence-corrected chi connectivity index (χ0v) is 17.4. The van der Waals surface area contributed by atoms with Gasteiger partial charge in [-0.3, -0.25) is 0 Å². The van der Waals surface area contributed by atoms with Crippen molar-refractivity contribution >= 4 is 6.08 Å². The van der Waals surface area contributed by atoms with E-state index in [1.807, 2.05) is 6.92 Å². The number of allylic oxidation sites excluding steroid dienone is 1. The van der Waals surface area contributed by atoms with Crippen molar-refractivity contribution in [3.8, 4) is 16.9 Å². The van der Waals surface area contributed by atoms with Gasteiger partial charge in [0.2, 0.25) is 0 Å². The lowest BCUT2D eigenvalue weighted by molar-refractivity contribution is -0.223. The Morgan fingerprint density at radius 2 is 1.44 bits per heavy atom. The molecule has 174 valence electrons. The predicted octanol–water partition coefficient (Wildman–Crippen LogP) is 8.40. The van der Waals surface area contributed by atoms with E-state index in [-0.39, 0.29) is 17.4 Å². The van der Waals surface area contributed by atoms with Crippen LogP contribution in [-0.4, -0.2) is 12.3 Å². The zero-order valence-electron chi connectivity index (χ0n) is 17.4. The first-order valence-electron chi connectivity index (χ1n) is 10.4. The van der Waals surface area contributed by atoms with Gasteiger partial charge < -0.3 is 4.74 Å². The van der Waals surface area contributed by atoms with Crippen LogP contribution >= 0.6 is 0 Å². The van der Waals surface area contributed by atoms with Gasteiger partial charge in [-0.25, -0.2) is 8.78 Å². The van der Waals surface area contributed by atoms with E-state index in [2.05, 4.69) is 0 Å². The SMILES string of the molecule is CCC1CCC(C(F)(F)Oc2ccc(-c3cc(F)c(/C=C/C(F)(F)F)c(F)c3)cc2)CC1. The first-order valence-corrected chi connectivity index (χ1v) is 10.4. The topological polar surface area (TPSA) is 9.23 Å². The highest BCUT2D eigenvalue weighted by molar-refractivity contribution is 5.67. The Labute approximate surface area is 181 Å². The van der Waals surface area contributed by atoms with E-state index in [0.29, 0.717) is 30.4 Å². The summed E-state index contributed by atoms with van der Waals surface area (Å²) in [6.45, 7) is 2.05. The summed E-state index contributed by atoms with van der Waals surface area (Å²) in [5.41, 5.74) is -0.461. The van der Waals surface area contributed by atoms with Crippen LogP contribution in [0.4, 0.5) is 30.7 Å². The third-order valence-corrected chi connectivity index (χ3v) is 5.86. The molecule has 0 spiro atoms. The van der Waals surface area contributed by atoms with Crippen molar-refractivity contribution in [2.75, 3.05) is 0 Å². The summed E-state index contributed by atoms with van der Waals surface area (Å²) in [7, 11) is 0. The second-order valence-corrected chi connectivity index (χ2v) is 8.04. The van der Waals surface area contributed by atoms with Crippen LogP contribution in [-0.2, 0) is 0 Å². The van der Waals surface area contributed by atoms with Crippen molar-refractivity contribution in [1.29, 1.82) is 0 Å². The molecule has 0 heterocycles. The van der Waals surface area contributed by atoms with Gasteiger partial charge in [0.25, 0.3) is 0 Å². The molecule has 1 fully saturated rings. The van der Waals surface area contributed by atoms with Gasteiger partial charge in [-0.15, -0.1) is 0 Å². The molecule has 0 bridgehead atoms. The average Bonchev–Trinajstić information content (AvgIpc) is 2.72. The summed E-state index contributed by atoms with van der Waals surface area (Å²) >= 11 is 0. The van der Waals surface area contributed by atoms with Gasteiger partial charge in [0, 0.05) is 11.6 Å². The second-order valence-electron chi connectivity index (χ2n) is 8.04. The van der Waals surface area contributed by atoms with Gasteiger partial charge in [0.1, 0.15) is 17.4 Å². The van der Waals surface area contributed by atoms with Gasteiger partial charge >= 0.3 is 12.3 Å². The van der Waals surface area contributed by atoms with Crippen LogP contribution in [0.3, 0.4) is 0 Å². The normalized spacial score (nSPS) is 20.0. The maximum atomic E-state index is 14.5. The molecule has 1 aliphatic carbocycles.